The van der Waals surface area contributed by atoms with Gasteiger partial charge in [-0.2, -0.15) is 0 Å². The van der Waals surface area contributed by atoms with Gasteiger partial charge in [0, 0.05) is 12.7 Å². The number of primary amides is 1. The number of hydrogen-bond donors (Lipinski definition) is 2. The van der Waals surface area contributed by atoms with Crippen molar-refractivity contribution in [2.75, 3.05) is 5.32 Å². The Morgan fingerprint density at radius 3 is 2.67 bits per heavy atom. The van der Waals surface area contributed by atoms with Crippen LogP contribution in [0.2, 0.25) is 0 Å². The largest absolute Gasteiger partial charge is 0.366 e. The van der Waals surface area contributed by atoms with E-state index >= 15 is 0 Å². The van der Waals surface area contributed by atoms with Crippen molar-refractivity contribution in [2.45, 2.75) is 13.5 Å². The first-order chi connectivity index (χ1) is 8.66. The van der Waals surface area contributed by atoms with E-state index in [1.165, 1.54) is 17.3 Å². The predicted octanol–water partition coefficient (Wildman–Crippen LogP) is 2.10. The van der Waals surface area contributed by atoms with Crippen molar-refractivity contribution in [2.24, 2.45) is 5.73 Å². The van der Waals surface area contributed by atoms with E-state index in [4.69, 9.17) is 5.73 Å². The summed E-state index contributed by atoms with van der Waals surface area (Å²) in [6.45, 7) is 2.77. The van der Waals surface area contributed by atoms with Gasteiger partial charge in [-0.3, -0.25) is 4.79 Å². The smallest absolute Gasteiger partial charge is 0.250 e. The van der Waals surface area contributed by atoms with Crippen LogP contribution in [0.5, 0.6) is 0 Å². The number of amides is 1. The zero-order chi connectivity index (χ0) is 13.0. The fourth-order valence-corrected chi connectivity index (χ4v) is 1.64. The Kier molecular flexibility index (Phi) is 3.57. The van der Waals surface area contributed by atoms with Crippen LogP contribution in [0.25, 0.3) is 0 Å². The molecule has 0 aliphatic carbocycles. The maximum atomic E-state index is 10.9. The molecular formula is C14H15N3O. The van der Waals surface area contributed by atoms with Crippen LogP contribution in [0.3, 0.4) is 0 Å². The van der Waals surface area contributed by atoms with Crippen LogP contribution in [0, 0.1) is 6.92 Å². The van der Waals surface area contributed by atoms with Gasteiger partial charge < -0.3 is 11.1 Å². The minimum Gasteiger partial charge on any atom is -0.366 e. The highest BCUT2D eigenvalue weighted by Crippen LogP contribution is 2.10. The second kappa shape index (κ2) is 5.31. The fraction of sp³-hybridized carbons (Fsp3) is 0.143. The summed E-state index contributed by atoms with van der Waals surface area (Å²) in [5.74, 6) is 0.260. The molecule has 0 saturated heterocycles. The van der Waals surface area contributed by atoms with E-state index in [0.717, 1.165) is 5.82 Å². The normalized spacial score (nSPS) is 10.1. The first-order valence-electron chi connectivity index (χ1n) is 5.71. The monoisotopic (exact) mass is 241 g/mol. The molecule has 0 radical (unpaired) electrons. The summed E-state index contributed by atoms with van der Waals surface area (Å²) in [5, 5.41) is 3.20. The Balaban J connectivity index is 2.02. The maximum Gasteiger partial charge on any atom is 0.250 e. The third-order valence-corrected chi connectivity index (χ3v) is 2.77. The molecule has 0 aliphatic rings. The van der Waals surface area contributed by atoms with Gasteiger partial charge in [-0.15, -0.1) is 0 Å². The number of carbonyl (C=O) groups is 1. The molecule has 4 heteroatoms. The zero-order valence-electron chi connectivity index (χ0n) is 10.2. The zero-order valence-corrected chi connectivity index (χ0v) is 10.2. The number of nitrogens with one attached hydrogen (secondary N) is 1. The van der Waals surface area contributed by atoms with Crippen LogP contribution in [-0.2, 0) is 6.54 Å². The van der Waals surface area contributed by atoms with E-state index in [1.54, 1.807) is 12.1 Å². The van der Waals surface area contributed by atoms with Crippen LogP contribution >= 0.6 is 0 Å². The van der Waals surface area contributed by atoms with Crippen molar-refractivity contribution < 1.29 is 4.79 Å². The topological polar surface area (TPSA) is 68.0 Å². The number of nitrogens with zero attached hydrogens (tertiary/aromatic N) is 1. The number of benzene rings is 1. The Bertz CT molecular complexity index is 549. The molecule has 1 aromatic carbocycles. The summed E-state index contributed by atoms with van der Waals surface area (Å²) < 4.78 is 0. The number of pyridine rings is 1. The highest BCUT2D eigenvalue weighted by molar-refractivity contribution is 5.92. The first kappa shape index (κ1) is 12.1. The molecule has 0 unspecified atom stereocenters. The van der Waals surface area contributed by atoms with Gasteiger partial charge >= 0.3 is 0 Å². The Morgan fingerprint density at radius 1 is 1.28 bits per heavy atom. The van der Waals surface area contributed by atoms with Crippen molar-refractivity contribution in [1.82, 2.24) is 4.98 Å². The SMILES string of the molecule is Cc1ccccc1CNc1ccc(C(N)=O)cn1. The fourth-order valence-electron chi connectivity index (χ4n) is 1.64. The highest BCUT2D eigenvalue weighted by Gasteiger charge is 2.01. The molecule has 0 atom stereocenters. The second-order valence-electron chi connectivity index (χ2n) is 4.08. The Hall–Kier alpha value is -2.36. The van der Waals surface area contributed by atoms with Crippen molar-refractivity contribution >= 4 is 11.7 Å². The van der Waals surface area contributed by atoms with E-state index in [9.17, 15) is 4.79 Å². The molecule has 0 fully saturated rings. The average Bonchev–Trinajstić information content (AvgIpc) is 2.38. The van der Waals surface area contributed by atoms with Gasteiger partial charge in [0.15, 0.2) is 0 Å². The lowest BCUT2D eigenvalue weighted by Gasteiger charge is -2.08. The van der Waals surface area contributed by atoms with E-state index in [1.807, 2.05) is 12.1 Å². The van der Waals surface area contributed by atoms with Crippen molar-refractivity contribution in [3.63, 3.8) is 0 Å². The van der Waals surface area contributed by atoms with Gasteiger partial charge in [0.1, 0.15) is 5.82 Å². The minimum absolute atomic E-state index is 0.413. The molecule has 0 bridgehead atoms. The number of aryl methyl sites for hydroxylation is 1. The molecule has 1 aromatic heterocycles. The van der Waals surface area contributed by atoms with E-state index in [-0.39, 0.29) is 0 Å². The van der Waals surface area contributed by atoms with Gasteiger partial charge in [-0.05, 0) is 30.2 Å². The molecule has 18 heavy (non-hydrogen) atoms. The molecule has 1 amide bonds. The van der Waals surface area contributed by atoms with Crippen LogP contribution in [0.4, 0.5) is 5.82 Å². The summed E-state index contributed by atoms with van der Waals surface area (Å²) in [6.07, 6.45) is 1.47. The van der Waals surface area contributed by atoms with Gasteiger partial charge in [0.25, 0.3) is 0 Å². The van der Waals surface area contributed by atoms with E-state index < -0.39 is 5.91 Å². The summed E-state index contributed by atoms with van der Waals surface area (Å²) in [6, 6.07) is 11.6. The van der Waals surface area contributed by atoms with Gasteiger partial charge in [0.05, 0.1) is 5.56 Å². The third kappa shape index (κ3) is 2.85. The van der Waals surface area contributed by atoms with Crippen LogP contribution in [0.1, 0.15) is 21.5 Å². The summed E-state index contributed by atoms with van der Waals surface area (Å²) in [4.78, 5) is 15.0. The number of aromatic nitrogens is 1. The maximum absolute atomic E-state index is 10.9. The van der Waals surface area contributed by atoms with Gasteiger partial charge in [-0.25, -0.2) is 4.98 Å². The number of carbonyl (C=O) groups excluding carboxylic acids is 1. The highest BCUT2D eigenvalue weighted by atomic mass is 16.1. The molecule has 0 saturated carbocycles. The molecule has 2 aromatic rings. The first-order valence-corrected chi connectivity index (χ1v) is 5.71. The van der Waals surface area contributed by atoms with Crippen molar-refractivity contribution in [3.05, 3.63) is 59.3 Å². The molecular weight excluding hydrogens is 226 g/mol. The minimum atomic E-state index is -0.465. The molecule has 0 aliphatic heterocycles. The lowest BCUT2D eigenvalue weighted by molar-refractivity contribution is 0.1000. The lowest BCUT2D eigenvalue weighted by Crippen LogP contribution is -2.11. The number of hydrogen-bond acceptors (Lipinski definition) is 3. The van der Waals surface area contributed by atoms with Gasteiger partial charge in [0.2, 0.25) is 5.91 Å². The molecule has 3 N–H and O–H groups in total. The van der Waals surface area contributed by atoms with Crippen molar-refractivity contribution in [3.8, 4) is 0 Å². The number of rotatable bonds is 4. The molecule has 92 valence electrons. The van der Waals surface area contributed by atoms with Crippen LogP contribution in [-0.4, -0.2) is 10.9 Å². The van der Waals surface area contributed by atoms with Gasteiger partial charge in [-0.1, -0.05) is 24.3 Å². The summed E-state index contributed by atoms with van der Waals surface area (Å²) in [5.41, 5.74) is 8.02. The Morgan fingerprint density at radius 2 is 2.06 bits per heavy atom. The lowest BCUT2D eigenvalue weighted by atomic mass is 10.1. The third-order valence-electron chi connectivity index (χ3n) is 2.77. The quantitative estimate of drug-likeness (QED) is 0.861. The molecule has 2 rings (SSSR count). The number of anilines is 1. The Labute approximate surface area is 106 Å². The second-order valence-corrected chi connectivity index (χ2v) is 4.08. The summed E-state index contributed by atoms with van der Waals surface area (Å²) >= 11 is 0. The van der Waals surface area contributed by atoms with Crippen LogP contribution < -0.4 is 11.1 Å². The molecule has 1 heterocycles. The van der Waals surface area contributed by atoms with Crippen LogP contribution in [0.15, 0.2) is 42.6 Å². The standard InChI is InChI=1S/C14H15N3O/c1-10-4-2-3-5-11(10)8-16-13-7-6-12(9-17-13)14(15)18/h2-7,9H,8H2,1H3,(H2,15,18)(H,16,17). The molecule has 0 spiro atoms. The van der Waals surface area contributed by atoms with E-state index in [2.05, 4.69) is 29.4 Å². The van der Waals surface area contributed by atoms with Crippen molar-refractivity contribution in [1.29, 1.82) is 0 Å². The average molecular weight is 241 g/mol. The number of nitrogens with two attached hydrogens (primary N) is 1. The summed E-state index contributed by atoms with van der Waals surface area (Å²) in [7, 11) is 0. The van der Waals surface area contributed by atoms with E-state index in [0.29, 0.717) is 12.1 Å². The molecule has 4 nitrogen and oxygen atoms in total. The predicted molar refractivity (Wildman–Crippen MR) is 71.3 cm³/mol.